The van der Waals surface area contributed by atoms with Gasteiger partial charge in [0.15, 0.2) is 0 Å². The quantitative estimate of drug-likeness (QED) is 0.682. The first-order valence-electron chi connectivity index (χ1n) is 8.11. The maximum absolute atomic E-state index is 5.24. The van der Waals surface area contributed by atoms with Gasteiger partial charge in [0, 0.05) is 19.6 Å². The predicted molar refractivity (Wildman–Crippen MR) is 97.2 cm³/mol. The number of hydrogen-bond acceptors (Lipinski definition) is 2. The summed E-state index contributed by atoms with van der Waals surface area (Å²) >= 11 is 0. The van der Waals surface area contributed by atoms with Crippen LogP contribution < -0.4 is 0 Å². The van der Waals surface area contributed by atoms with E-state index in [0.717, 1.165) is 26.1 Å². The van der Waals surface area contributed by atoms with Crippen molar-refractivity contribution in [3.8, 4) is 0 Å². The Morgan fingerprint density at radius 3 is 1.38 bits per heavy atom. The third-order valence-corrected chi connectivity index (χ3v) is 4.07. The molecule has 0 radical (unpaired) electrons. The van der Waals surface area contributed by atoms with Gasteiger partial charge < -0.3 is 23.3 Å². The zero-order valence-corrected chi connectivity index (χ0v) is 17.4. The van der Waals surface area contributed by atoms with Gasteiger partial charge in [-0.1, -0.05) is 12.8 Å². The molecule has 1 fully saturated rings. The molecule has 2 aromatic carbocycles. The van der Waals surface area contributed by atoms with Crippen molar-refractivity contribution >= 4 is 0 Å². The Labute approximate surface area is 167 Å². The summed E-state index contributed by atoms with van der Waals surface area (Å²) in [5.74, 6) is 0.899. The van der Waals surface area contributed by atoms with Gasteiger partial charge in [0.1, 0.15) is 0 Å². The molecule has 0 heterocycles. The molecular formula is C21H30O2Zr. The maximum atomic E-state index is 5.24. The van der Waals surface area contributed by atoms with Gasteiger partial charge in [-0.25, -0.2) is 24.3 Å². The van der Waals surface area contributed by atoms with Crippen LogP contribution in [0.4, 0.5) is 0 Å². The third kappa shape index (κ3) is 9.11. The van der Waals surface area contributed by atoms with Gasteiger partial charge in [0.05, 0.1) is 13.2 Å². The molecule has 24 heavy (non-hydrogen) atoms. The molecule has 0 saturated heterocycles. The number of hydrogen-bond donors (Lipinski definition) is 0. The molecule has 0 unspecified atom stereocenters. The van der Waals surface area contributed by atoms with E-state index >= 15 is 0 Å². The van der Waals surface area contributed by atoms with Crippen LogP contribution in [0.2, 0.25) is 0 Å². The summed E-state index contributed by atoms with van der Waals surface area (Å²) in [5, 5.41) is 0. The van der Waals surface area contributed by atoms with Gasteiger partial charge in [-0.15, -0.1) is 0 Å². The Balaban J connectivity index is 0.000000393. The molecule has 1 aliphatic rings. The average molecular weight is 406 g/mol. The summed E-state index contributed by atoms with van der Waals surface area (Å²) in [5.41, 5.74) is 0.169. The van der Waals surface area contributed by atoms with Crippen molar-refractivity contribution in [3.63, 3.8) is 0 Å². The van der Waals surface area contributed by atoms with Gasteiger partial charge in [-0.2, -0.15) is 48.2 Å². The van der Waals surface area contributed by atoms with Crippen molar-refractivity contribution in [3.05, 3.63) is 74.5 Å². The zero-order chi connectivity index (χ0) is 17.0. The van der Waals surface area contributed by atoms with Crippen LogP contribution in [0.5, 0.6) is 0 Å². The average Bonchev–Trinajstić information content (AvgIpc) is 3.27. The minimum absolute atomic E-state index is 0. The smallest absolute Gasteiger partial charge is 0.384 e. The first-order chi connectivity index (χ1) is 11.1. The largest absolute Gasteiger partial charge is 4.00 e. The molecule has 0 bridgehead atoms. The van der Waals surface area contributed by atoms with Crippen LogP contribution in [0.15, 0.2) is 60.7 Å². The number of methoxy groups -OCH3 is 2. The van der Waals surface area contributed by atoms with E-state index in [1.165, 1.54) is 0 Å². The van der Waals surface area contributed by atoms with Gasteiger partial charge in [-0.05, 0) is 0 Å². The second-order valence-corrected chi connectivity index (χ2v) is 6.22. The Hall–Kier alpha value is -0.497. The zero-order valence-electron chi connectivity index (χ0n) is 15.0. The van der Waals surface area contributed by atoms with Crippen LogP contribution in [0, 0.1) is 31.1 Å². The van der Waals surface area contributed by atoms with E-state index in [2.05, 4.69) is 13.8 Å². The molecule has 1 aliphatic carbocycles. The molecule has 2 aromatic rings. The second-order valence-electron chi connectivity index (χ2n) is 6.22. The van der Waals surface area contributed by atoms with Crippen molar-refractivity contribution in [1.82, 2.24) is 0 Å². The van der Waals surface area contributed by atoms with Gasteiger partial charge in [-0.3, -0.25) is 0 Å². The molecule has 130 valence electrons. The van der Waals surface area contributed by atoms with Crippen LogP contribution in [-0.2, 0) is 35.7 Å². The van der Waals surface area contributed by atoms with Gasteiger partial charge >= 0.3 is 26.2 Å². The van der Waals surface area contributed by atoms with Gasteiger partial charge in [0.25, 0.3) is 0 Å². The minimum atomic E-state index is 0. The fourth-order valence-electron chi connectivity index (χ4n) is 3.06. The molecule has 0 spiro atoms. The van der Waals surface area contributed by atoms with Crippen molar-refractivity contribution in [2.24, 2.45) is 17.3 Å². The molecule has 0 N–H and O–H groups in total. The Kier molecular flexibility index (Phi) is 13.5. The van der Waals surface area contributed by atoms with Crippen LogP contribution in [-0.4, -0.2) is 27.4 Å². The van der Waals surface area contributed by atoms with E-state index < -0.39 is 0 Å². The summed E-state index contributed by atoms with van der Waals surface area (Å²) in [6, 6.07) is 20.0. The standard InChI is InChI=1S/C11H20O2.2C5H5.Zr/c1-9-5-11(7-12-3,8-13-4)6-10(9)2;2*1-2-4-5-3-1;/h9-10H,1-2,5-8H2,3-4H3;2*1-5H;/q-2;2*-1;+4/t9-,10-;;;/m1.../s1. The van der Waals surface area contributed by atoms with E-state index in [0.29, 0.717) is 11.8 Å². The molecule has 3 rings (SSSR count). The van der Waals surface area contributed by atoms with Crippen LogP contribution in [0.3, 0.4) is 0 Å². The number of ether oxygens (including phenoxy) is 2. The van der Waals surface area contributed by atoms with E-state index in [-0.39, 0.29) is 31.6 Å². The fourth-order valence-corrected chi connectivity index (χ4v) is 3.06. The minimum Gasteiger partial charge on any atom is -0.384 e. The van der Waals surface area contributed by atoms with Crippen LogP contribution >= 0.6 is 0 Å². The van der Waals surface area contributed by atoms with Crippen LogP contribution in [0.1, 0.15) is 12.8 Å². The Morgan fingerprint density at radius 1 is 0.833 bits per heavy atom. The first kappa shape index (κ1) is 23.5. The normalized spacial score (nSPS) is 20.8. The molecule has 0 aliphatic heterocycles. The molecule has 2 atom stereocenters. The SMILES string of the molecule is [CH2-][C@@H]1CC(COC)(COC)C[C@H]1[CH2-].[Zr+4].c1cc[cH-]c1.c1cc[cH-]c1. The van der Waals surface area contributed by atoms with Gasteiger partial charge in [0.2, 0.25) is 0 Å². The summed E-state index contributed by atoms with van der Waals surface area (Å²) in [6.07, 6.45) is 2.14. The fraction of sp³-hybridized carbons (Fsp3) is 0.429. The number of rotatable bonds is 4. The topological polar surface area (TPSA) is 18.5 Å². The van der Waals surface area contributed by atoms with Crippen LogP contribution in [0.25, 0.3) is 0 Å². The molecule has 3 heteroatoms. The first-order valence-corrected chi connectivity index (χ1v) is 8.11. The summed E-state index contributed by atoms with van der Waals surface area (Å²) < 4.78 is 10.5. The summed E-state index contributed by atoms with van der Waals surface area (Å²) in [4.78, 5) is 0. The molecular weight excluding hydrogens is 375 g/mol. The van der Waals surface area contributed by atoms with E-state index in [1.54, 1.807) is 14.2 Å². The van der Waals surface area contributed by atoms with Crippen molar-refractivity contribution in [2.75, 3.05) is 27.4 Å². The van der Waals surface area contributed by atoms with E-state index in [1.807, 2.05) is 60.7 Å². The van der Waals surface area contributed by atoms with E-state index in [9.17, 15) is 0 Å². The van der Waals surface area contributed by atoms with Crippen molar-refractivity contribution in [1.29, 1.82) is 0 Å². The maximum Gasteiger partial charge on any atom is 4.00 e. The summed E-state index contributed by atoms with van der Waals surface area (Å²) in [7, 11) is 3.48. The second kappa shape index (κ2) is 13.8. The third-order valence-electron chi connectivity index (χ3n) is 4.07. The predicted octanol–water partition coefficient (Wildman–Crippen LogP) is 4.77. The van der Waals surface area contributed by atoms with Crippen molar-refractivity contribution in [2.45, 2.75) is 12.8 Å². The Morgan fingerprint density at radius 2 is 1.17 bits per heavy atom. The molecule has 2 nitrogen and oxygen atoms in total. The molecule has 1 saturated carbocycles. The van der Waals surface area contributed by atoms with E-state index in [4.69, 9.17) is 9.47 Å². The van der Waals surface area contributed by atoms with Crippen molar-refractivity contribution < 1.29 is 35.7 Å². The monoisotopic (exact) mass is 404 g/mol. The molecule has 0 amide bonds. The summed E-state index contributed by atoms with van der Waals surface area (Å²) in [6.45, 7) is 9.73. The Bertz CT molecular complexity index is 371. The molecule has 0 aromatic heterocycles.